The summed E-state index contributed by atoms with van der Waals surface area (Å²) in [5.41, 5.74) is 0.0380. The van der Waals surface area contributed by atoms with Gasteiger partial charge in [-0.1, -0.05) is 6.92 Å². The molecule has 5 nitrogen and oxygen atoms in total. The molecule has 5 heteroatoms. The number of piperidine rings is 1. The van der Waals surface area contributed by atoms with Crippen LogP contribution >= 0.6 is 0 Å². The number of nitrogens with zero attached hydrogens (tertiary/aromatic N) is 2. The summed E-state index contributed by atoms with van der Waals surface area (Å²) in [5, 5.41) is 12.6. The van der Waals surface area contributed by atoms with Gasteiger partial charge in [0.15, 0.2) is 0 Å². The maximum atomic E-state index is 12.2. The average Bonchev–Trinajstić information content (AvgIpc) is 3.36. The fourth-order valence-electron chi connectivity index (χ4n) is 3.14. The van der Waals surface area contributed by atoms with Crippen LogP contribution in [0.15, 0.2) is 0 Å². The predicted octanol–water partition coefficient (Wildman–Crippen LogP) is 1.66. The van der Waals surface area contributed by atoms with Crippen molar-refractivity contribution in [1.29, 1.82) is 0 Å². The van der Waals surface area contributed by atoms with Crippen molar-refractivity contribution in [2.75, 3.05) is 33.3 Å². The van der Waals surface area contributed by atoms with Gasteiger partial charge in [-0.3, -0.25) is 4.90 Å². The Kier molecular flexibility index (Phi) is 5.49. The molecule has 1 heterocycles. The van der Waals surface area contributed by atoms with Crippen molar-refractivity contribution >= 4 is 6.03 Å². The molecule has 21 heavy (non-hydrogen) atoms. The molecule has 122 valence electrons. The molecule has 1 saturated heterocycles. The summed E-state index contributed by atoms with van der Waals surface area (Å²) >= 11 is 0. The highest BCUT2D eigenvalue weighted by Gasteiger charge is 2.34. The van der Waals surface area contributed by atoms with E-state index in [2.05, 4.69) is 31.1 Å². The van der Waals surface area contributed by atoms with E-state index >= 15 is 0 Å². The maximum absolute atomic E-state index is 12.2. The number of carbonyl (C=O) groups is 1. The summed E-state index contributed by atoms with van der Waals surface area (Å²) in [6, 6.07) is 1.16. The van der Waals surface area contributed by atoms with Gasteiger partial charge in [0.2, 0.25) is 0 Å². The number of nitrogens with one attached hydrogen (secondary N) is 1. The van der Waals surface area contributed by atoms with Crippen LogP contribution < -0.4 is 5.32 Å². The molecular weight excluding hydrogens is 266 g/mol. The Balaban J connectivity index is 1.72. The Morgan fingerprint density at radius 3 is 2.52 bits per heavy atom. The van der Waals surface area contributed by atoms with Gasteiger partial charge >= 0.3 is 6.03 Å². The summed E-state index contributed by atoms with van der Waals surface area (Å²) < 4.78 is 0. The molecular formula is C16H31N3O2. The minimum Gasteiger partial charge on any atom is -0.396 e. The van der Waals surface area contributed by atoms with Crippen molar-refractivity contribution in [2.24, 2.45) is 5.41 Å². The van der Waals surface area contributed by atoms with E-state index in [1.54, 1.807) is 0 Å². The third-order valence-electron chi connectivity index (χ3n) is 5.56. The first-order valence-corrected chi connectivity index (χ1v) is 8.37. The second kappa shape index (κ2) is 6.97. The molecule has 1 atom stereocenters. The number of amides is 2. The number of rotatable bonds is 6. The van der Waals surface area contributed by atoms with Crippen LogP contribution in [0.4, 0.5) is 4.79 Å². The molecule has 0 radical (unpaired) electrons. The highest BCUT2D eigenvalue weighted by Crippen LogP contribution is 2.34. The lowest BCUT2D eigenvalue weighted by Crippen LogP contribution is -2.50. The smallest absolute Gasteiger partial charge is 0.317 e. The topological polar surface area (TPSA) is 55.8 Å². The van der Waals surface area contributed by atoms with Gasteiger partial charge in [-0.05, 0) is 51.5 Å². The zero-order valence-electron chi connectivity index (χ0n) is 13.8. The first-order chi connectivity index (χ1) is 10.0. The molecule has 0 bridgehead atoms. The van der Waals surface area contributed by atoms with Crippen LogP contribution in [-0.4, -0.2) is 66.3 Å². The minimum atomic E-state index is 0.0380. The van der Waals surface area contributed by atoms with E-state index in [-0.39, 0.29) is 18.1 Å². The van der Waals surface area contributed by atoms with E-state index in [0.29, 0.717) is 12.6 Å². The quantitative estimate of drug-likeness (QED) is 0.784. The maximum Gasteiger partial charge on any atom is 0.317 e. The van der Waals surface area contributed by atoms with Gasteiger partial charge in [0.05, 0.1) is 0 Å². The number of hydrogen-bond acceptors (Lipinski definition) is 3. The van der Waals surface area contributed by atoms with Gasteiger partial charge < -0.3 is 15.3 Å². The lowest BCUT2D eigenvalue weighted by atomic mass is 9.77. The molecule has 2 N–H and O–H groups in total. The van der Waals surface area contributed by atoms with Crippen LogP contribution in [0.1, 0.15) is 46.0 Å². The molecule has 0 aromatic rings. The second-order valence-electron chi connectivity index (χ2n) is 6.93. The standard InChI is InChI=1S/C16H31N3O2/c1-4-16(12-20)7-9-19(10-8-16)15(21)17-11-13(2)18(3)14-5-6-14/h13-14,20H,4-12H2,1-3H3,(H,17,21). The number of urea groups is 1. The van der Waals surface area contributed by atoms with E-state index < -0.39 is 0 Å². The number of aliphatic hydroxyl groups excluding tert-OH is 1. The molecule has 1 saturated carbocycles. The summed E-state index contributed by atoms with van der Waals surface area (Å²) in [6.45, 7) is 6.76. The van der Waals surface area contributed by atoms with Crippen LogP contribution in [-0.2, 0) is 0 Å². The number of aliphatic hydroxyl groups is 1. The van der Waals surface area contributed by atoms with Crippen LogP contribution in [0.3, 0.4) is 0 Å². The highest BCUT2D eigenvalue weighted by molar-refractivity contribution is 5.74. The monoisotopic (exact) mass is 297 g/mol. The molecule has 0 aromatic heterocycles. The van der Waals surface area contributed by atoms with Crippen LogP contribution in [0.25, 0.3) is 0 Å². The molecule has 0 spiro atoms. The largest absolute Gasteiger partial charge is 0.396 e. The molecule has 2 rings (SSSR count). The van der Waals surface area contributed by atoms with E-state index in [9.17, 15) is 9.90 Å². The Hall–Kier alpha value is -0.810. The van der Waals surface area contributed by atoms with Gasteiger partial charge in [-0.2, -0.15) is 0 Å². The predicted molar refractivity (Wildman–Crippen MR) is 84.3 cm³/mol. The first-order valence-electron chi connectivity index (χ1n) is 8.37. The fourth-order valence-corrected chi connectivity index (χ4v) is 3.14. The van der Waals surface area contributed by atoms with E-state index in [4.69, 9.17) is 0 Å². The van der Waals surface area contributed by atoms with Gasteiger partial charge in [-0.15, -0.1) is 0 Å². The van der Waals surface area contributed by atoms with Crippen molar-refractivity contribution in [1.82, 2.24) is 15.1 Å². The van der Waals surface area contributed by atoms with Crippen molar-refractivity contribution < 1.29 is 9.90 Å². The lowest BCUT2D eigenvalue weighted by molar-refractivity contribution is 0.0517. The van der Waals surface area contributed by atoms with Crippen molar-refractivity contribution in [3.63, 3.8) is 0 Å². The zero-order valence-corrected chi connectivity index (χ0v) is 13.8. The highest BCUT2D eigenvalue weighted by atomic mass is 16.3. The molecule has 2 aliphatic rings. The molecule has 1 aliphatic carbocycles. The van der Waals surface area contributed by atoms with Crippen molar-refractivity contribution in [2.45, 2.75) is 58.0 Å². The molecule has 0 aromatic carbocycles. The normalized spacial score (nSPS) is 23.2. The van der Waals surface area contributed by atoms with E-state index in [1.807, 2.05) is 4.90 Å². The number of likely N-dealkylation sites (tertiary alicyclic amines) is 1. The average molecular weight is 297 g/mol. The SMILES string of the molecule is CCC1(CO)CCN(C(=O)NCC(C)N(C)C2CC2)CC1. The molecule has 1 unspecified atom stereocenters. The second-order valence-corrected chi connectivity index (χ2v) is 6.93. The summed E-state index contributed by atoms with van der Waals surface area (Å²) in [5.74, 6) is 0. The van der Waals surface area contributed by atoms with Crippen molar-refractivity contribution in [3.8, 4) is 0 Å². The minimum absolute atomic E-state index is 0.0380. The van der Waals surface area contributed by atoms with Crippen LogP contribution in [0.5, 0.6) is 0 Å². The number of likely N-dealkylation sites (N-methyl/N-ethyl adjacent to an activating group) is 1. The van der Waals surface area contributed by atoms with E-state index in [0.717, 1.165) is 38.4 Å². The third kappa shape index (κ3) is 4.10. The Bertz CT molecular complexity index is 343. The van der Waals surface area contributed by atoms with Gasteiger partial charge in [0.25, 0.3) is 0 Å². The molecule has 1 aliphatic heterocycles. The Labute approximate surface area is 128 Å². The zero-order chi connectivity index (χ0) is 15.5. The lowest BCUT2D eigenvalue weighted by Gasteiger charge is -2.40. The Morgan fingerprint density at radius 2 is 2.05 bits per heavy atom. The molecule has 2 fully saturated rings. The summed E-state index contributed by atoms with van der Waals surface area (Å²) in [6.07, 6.45) is 5.39. The van der Waals surface area contributed by atoms with E-state index in [1.165, 1.54) is 12.8 Å². The number of hydrogen-bond donors (Lipinski definition) is 2. The van der Waals surface area contributed by atoms with Gasteiger partial charge in [-0.25, -0.2) is 4.79 Å². The van der Waals surface area contributed by atoms with Crippen LogP contribution in [0, 0.1) is 5.41 Å². The van der Waals surface area contributed by atoms with Crippen LogP contribution in [0.2, 0.25) is 0 Å². The Morgan fingerprint density at radius 1 is 1.43 bits per heavy atom. The first kappa shape index (κ1) is 16.6. The van der Waals surface area contributed by atoms with Gasteiger partial charge in [0, 0.05) is 38.3 Å². The summed E-state index contributed by atoms with van der Waals surface area (Å²) in [7, 11) is 2.15. The molecule has 2 amide bonds. The third-order valence-corrected chi connectivity index (χ3v) is 5.56. The summed E-state index contributed by atoms with van der Waals surface area (Å²) in [4.78, 5) is 16.5. The fraction of sp³-hybridized carbons (Fsp3) is 0.938. The van der Waals surface area contributed by atoms with Crippen molar-refractivity contribution in [3.05, 3.63) is 0 Å². The number of carbonyl (C=O) groups excluding carboxylic acids is 1. The van der Waals surface area contributed by atoms with Gasteiger partial charge in [0.1, 0.15) is 0 Å².